The van der Waals surface area contributed by atoms with Gasteiger partial charge in [0, 0.05) is 12.1 Å². The highest BCUT2D eigenvalue weighted by molar-refractivity contribution is 6.21. The summed E-state index contributed by atoms with van der Waals surface area (Å²) in [6.45, 7) is 6.54. The Bertz CT molecular complexity index is 284. The van der Waals surface area contributed by atoms with Crippen molar-refractivity contribution >= 4 is 11.6 Å². The number of alkyl halides is 1. The molecule has 0 aromatic heterocycles. The Morgan fingerprint density at radius 3 is 2.07 bits per heavy atom. The topological polar surface area (TPSA) is 3.24 Å². The van der Waals surface area contributed by atoms with Crippen LogP contribution < -0.4 is 0 Å². The summed E-state index contributed by atoms with van der Waals surface area (Å²) in [7, 11) is 2.12. The Hall–Kier alpha value is -0.530. The van der Waals surface area contributed by atoms with Crippen molar-refractivity contribution < 1.29 is 0 Å². The van der Waals surface area contributed by atoms with Gasteiger partial charge in [-0.3, -0.25) is 4.90 Å². The van der Waals surface area contributed by atoms with Crippen molar-refractivity contribution in [3.8, 4) is 0 Å². The zero-order valence-electron chi connectivity index (χ0n) is 9.94. The van der Waals surface area contributed by atoms with Gasteiger partial charge in [0.1, 0.15) is 0 Å². The number of benzene rings is 1. The maximum atomic E-state index is 6.45. The molecule has 2 heteroatoms. The van der Waals surface area contributed by atoms with Crippen molar-refractivity contribution in [1.29, 1.82) is 0 Å². The third kappa shape index (κ3) is 3.22. The lowest BCUT2D eigenvalue weighted by molar-refractivity contribution is 0.203. The SMILES string of the molecule is CC(C)N(C)C(C)C(Cl)c1ccccc1. The minimum Gasteiger partial charge on any atom is -0.299 e. The Balaban J connectivity index is 2.73. The van der Waals surface area contributed by atoms with Crippen molar-refractivity contribution in [3.63, 3.8) is 0 Å². The second-order valence-electron chi connectivity index (χ2n) is 4.31. The zero-order chi connectivity index (χ0) is 11.4. The van der Waals surface area contributed by atoms with Gasteiger partial charge in [-0.25, -0.2) is 0 Å². The van der Waals surface area contributed by atoms with Crippen LogP contribution in [0, 0.1) is 0 Å². The molecule has 0 aliphatic rings. The Labute approximate surface area is 98.0 Å². The lowest BCUT2D eigenvalue weighted by Gasteiger charge is -2.31. The van der Waals surface area contributed by atoms with E-state index in [0.717, 1.165) is 0 Å². The summed E-state index contributed by atoms with van der Waals surface area (Å²) < 4.78 is 0. The number of hydrogen-bond donors (Lipinski definition) is 0. The highest BCUT2D eigenvalue weighted by Gasteiger charge is 2.21. The maximum Gasteiger partial charge on any atom is 0.0737 e. The molecule has 15 heavy (non-hydrogen) atoms. The molecule has 0 aliphatic heterocycles. The number of hydrogen-bond acceptors (Lipinski definition) is 1. The van der Waals surface area contributed by atoms with Gasteiger partial charge in [0.15, 0.2) is 0 Å². The molecular weight excluding hydrogens is 206 g/mol. The van der Waals surface area contributed by atoms with E-state index in [1.165, 1.54) is 5.56 Å². The van der Waals surface area contributed by atoms with Gasteiger partial charge in [0.25, 0.3) is 0 Å². The van der Waals surface area contributed by atoms with Crippen molar-refractivity contribution in [2.24, 2.45) is 0 Å². The summed E-state index contributed by atoms with van der Waals surface area (Å²) in [5.74, 6) is 0. The van der Waals surface area contributed by atoms with E-state index in [4.69, 9.17) is 11.6 Å². The summed E-state index contributed by atoms with van der Waals surface area (Å²) in [6.07, 6.45) is 0. The molecule has 0 amide bonds. The fourth-order valence-corrected chi connectivity index (χ4v) is 1.92. The average Bonchev–Trinajstić information content (AvgIpc) is 2.27. The van der Waals surface area contributed by atoms with Gasteiger partial charge >= 0.3 is 0 Å². The van der Waals surface area contributed by atoms with Gasteiger partial charge in [-0.1, -0.05) is 30.3 Å². The molecule has 2 unspecified atom stereocenters. The molecule has 0 fully saturated rings. The largest absolute Gasteiger partial charge is 0.299 e. The minimum atomic E-state index is 0.0543. The van der Waals surface area contributed by atoms with Crippen molar-refractivity contribution in [2.75, 3.05) is 7.05 Å². The monoisotopic (exact) mass is 225 g/mol. The first-order chi connectivity index (χ1) is 7.04. The van der Waals surface area contributed by atoms with E-state index in [1.54, 1.807) is 0 Å². The smallest absolute Gasteiger partial charge is 0.0737 e. The maximum absolute atomic E-state index is 6.45. The van der Waals surface area contributed by atoms with Crippen LogP contribution in [0.3, 0.4) is 0 Å². The van der Waals surface area contributed by atoms with Crippen LogP contribution >= 0.6 is 11.6 Å². The molecule has 0 aliphatic carbocycles. The lowest BCUT2D eigenvalue weighted by Crippen LogP contribution is -2.37. The molecule has 0 heterocycles. The van der Waals surface area contributed by atoms with E-state index >= 15 is 0 Å². The van der Waals surface area contributed by atoms with Gasteiger partial charge < -0.3 is 0 Å². The summed E-state index contributed by atoms with van der Waals surface area (Å²) in [5, 5.41) is 0.0543. The van der Waals surface area contributed by atoms with Gasteiger partial charge in [0.2, 0.25) is 0 Å². The molecule has 0 saturated carbocycles. The lowest BCUT2D eigenvalue weighted by atomic mass is 10.0. The first-order valence-corrected chi connectivity index (χ1v) is 5.88. The zero-order valence-corrected chi connectivity index (χ0v) is 10.7. The van der Waals surface area contributed by atoms with E-state index in [9.17, 15) is 0 Å². The molecule has 0 N–H and O–H groups in total. The number of nitrogens with zero attached hydrogens (tertiary/aromatic N) is 1. The minimum absolute atomic E-state index is 0.0543. The predicted molar refractivity (Wildman–Crippen MR) is 67.4 cm³/mol. The Kier molecular flexibility index (Phi) is 4.62. The normalized spacial score (nSPS) is 15.7. The second-order valence-corrected chi connectivity index (χ2v) is 4.78. The van der Waals surface area contributed by atoms with Gasteiger partial charge in [-0.15, -0.1) is 11.6 Å². The molecule has 1 rings (SSSR count). The molecule has 1 aromatic carbocycles. The number of likely N-dealkylation sites (N-methyl/N-ethyl adjacent to an activating group) is 1. The van der Waals surface area contributed by atoms with Crippen LogP contribution in [0.5, 0.6) is 0 Å². The first kappa shape index (κ1) is 12.5. The van der Waals surface area contributed by atoms with Gasteiger partial charge in [0.05, 0.1) is 5.38 Å². The average molecular weight is 226 g/mol. The molecule has 0 saturated heterocycles. The molecule has 0 radical (unpaired) electrons. The molecule has 0 spiro atoms. The van der Waals surface area contributed by atoms with Crippen LogP contribution in [0.15, 0.2) is 30.3 Å². The summed E-state index contributed by atoms with van der Waals surface area (Å²) in [4.78, 5) is 2.30. The quantitative estimate of drug-likeness (QED) is 0.707. The van der Waals surface area contributed by atoms with Crippen LogP contribution in [-0.4, -0.2) is 24.0 Å². The molecule has 1 aromatic rings. The van der Waals surface area contributed by atoms with E-state index < -0.39 is 0 Å². The van der Waals surface area contributed by atoms with E-state index in [0.29, 0.717) is 12.1 Å². The van der Waals surface area contributed by atoms with Gasteiger partial charge in [-0.05, 0) is 33.4 Å². The van der Waals surface area contributed by atoms with E-state index in [-0.39, 0.29) is 5.38 Å². The molecule has 2 atom stereocenters. The Morgan fingerprint density at radius 2 is 1.60 bits per heavy atom. The standard InChI is InChI=1S/C13H20ClN/c1-10(2)15(4)11(3)13(14)12-8-6-5-7-9-12/h5-11,13H,1-4H3. The third-order valence-electron chi connectivity index (χ3n) is 3.00. The van der Waals surface area contributed by atoms with E-state index in [1.807, 2.05) is 18.2 Å². The highest BCUT2D eigenvalue weighted by atomic mass is 35.5. The third-order valence-corrected chi connectivity index (χ3v) is 3.62. The van der Waals surface area contributed by atoms with Crippen LogP contribution in [0.2, 0.25) is 0 Å². The molecular formula is C13H20ClN. The van der Waals surface area contributed by atoms with Crippen LogP contribution in [0.25, 0.3) is 0 Å². The fourth-order valence-electron chi connectivity index (χ4n) is 1.59. The van der Waals surface area contributed by atoms with E-state index in [2.05, 4.69) is 44.9 Å². The van der Waals surface area contributed by atoms with Crippen molar-refractivity contribution in [1.82, 2.24) is 4.90 Å². The fraction of sp³-hybridized carbons (Fsp3) is 0.538. The number of halogens is 1. The summed E-state index contributed by atoms with van der Waals surface area (Å²) >= 11 is 6.45. The highest BCUT2D eigenvalue weighted by Crippen LogP contribution is 2.27. The molecule has 0 bridgehead atoms. The molecule has 1 nitrogen and oxygen atoms in total. The number of rotatable bonds is 4. The molecule has 84 valence electrons. The first-order valence-electron chi connectivity index (χ1n) is 5.45. The van der Waals surface area contributed by atoms with Crippen molar-refractivity contribution in [2.45, 2.75) is 38.2 Å². The van der Waals surface area contributed by atoms with Crippen molar-refractivity contribution in [3.05, 3.63) is 35.9 Å². The van der Waals surface area contributed by atoms with Gasteiger partial charge in [-0.2, -0.15) is 0 Å². The summed E-state index contributed by atoms with van der Waals surface area (Å²) in [5.41, 5.74) is 1.19. The second kappa shape index (κ2) is 5.53. The Morgan fingerprint density at radius 1 is 1.07 bits per heavy atom. The van der Waals surface area contributed by atoms with Crippen LogP contribution in [0.1, 0.15) is 31.7 Å². The predicted octanol–water partition coefficient (Wildman–Crippen LogP) is 3.70. The summed E-state index contributed by atoms with van der Waals surface area (Å²) in [6, 6.07) is 11.1. The van der Waals surface area contributed by atoms with Crippen LogP contribution in [0.4, 0.5) is 0 Å². The van der Waals surface area contributed by atoms with Crippen LogP contribution in [-0.2, 0) is 0 Å².